The van der Waals surface area contributed by atoms with E-state index in [2.05, 4.69) is 10.2 Å². The minimum atomic E-state index is -0.448. The molecule has 192 valence electrons. The van der Waals surface area contributed by atoms with Crippen LogP contribution in [0.25, 0.3) is 22.1 Å². The Bertz CT molecular complexity index is 1390. The van der Waals surface area contributed by atoms with Crippen LogP contribution < -0.4 is 25.2 Å². The van der Waals surface area contributed by atoms with Crippen molar-refractivity contribution >= 4 is 22.3 Å². The molecule has 1 aromatic heterocycles. The van der Waals surface area contributed by atoms with E-state index < -0.39 is 5.63 Å². The number of methoxy groups -OCH3 is 2. The predicted molar refractivity (Wildman–Crippen MR) is 144 cm³/mol. The molecule has 0 atom stereocenters. The van der Waals surface area contributed by atoms with Gasteiger partial charge in [0.15, 0.2) is 0 Å². The molecular formula is C29H30N2O6. The summed E-state index contributed by atoms with van der Waals surface area (Å²) in [7, 11) is 3.19. The Morgan fingerprint density at radius 1 is 0.865 bits per heavy atom. The molecule has 1 N–H and O–H groups in total. The summed E-state index contributed by atoms with van der Waals surface area (Å²) < 4.78 is 27.6. The first-order chi connectivity index (χ1) is 18.1. The topological polar surface area (TPSA) is 82.4 Å². The lowest BCUT2D eigenvalue weighted by atomic mass is 10.0. The van der Waals surface area contributed by atoms with Gasteiger partial charge < -0.3 is 28.7 Å². The standard InChI is InChI=1S/C29H30N2O6/c1-33-22-7-3-20(4-8-22)27-28(25-12-11-24(34-2)19-26(25)37-29(27)32)30-21-5-9-23(10-6-21)36-18-15-31-13-16-35-17-14-31/h3-12,19,30H,13-18H2,1-2H3. The average Bonchev–Trinajstić information content (AvgIpc) is 2.94. The van der Waals surface area contributed by atoms with Crippen molar-refractivity contribution in [1.82, 2.24) is 4.90 Å². The number of rotatable bonds is 9. The first kappa shape index (κ1) is 24.7. The molecule has 37 heavy (non-hydrogen) atoms. The smallest absolute Gasteiger partial charge is 0.346 e. The Labute approximate surface area is 215 Å². The van der Waals surface area contributed by atoms with Crippen LogP contribution in [0.4, 0.5) is 11.4 Å². The maximum atomic E-state index is 13.2. The lowest BCUT2D eigenvalue weighted by Gasteiger charge is -2.26. The van der Waals surface area contributed by atoms with Crippen molar-refractivity contribution in [3.63, 3.8) is 0 Å². The van der Waals surface area contributed by atoms with Crippen LogP contribution in [0.2, 0.25) is 0 Å². The molecule has 1 saturated heterocycles. The zero-order valence-corrected chi connectivity index (χ0v) is 21.0. The third-order valence-electron chi connectivity index (χ3n) is 6.40. The number of anilines is 2. The molecule has 1 aliphatic heterocycles. The molecule has 8 heteroatoms. The fraction of sp³-hybridized carbons (Fsp3) is 0.276. The highest BCUT2D eigenvalue weighted by molar-refractivity contribution is 6.00. The SMILES string of the molecule is COc1ccc(-c2c(Nc3ccc(OCCN4CCOCC4)cc3)c3ccc(OC)cc3oc2=O)cc1. The number of hydrogen-bond donors (Lipinski definition) is 1. The van der Waals surface area contributed by atoms with Gasteiger partial charge in [-0.25, -0.2) is 4.79 Å². The van der Waals surface area contributed by atoms with E-state index >= 15 is 0 Å². The molecule has 5 rings (SSSR count). The first-order valence-electron chi connectivity index (χ1n) is 12.2. The van der Waals surface area contributed by atoms with Crippen LogP contribution in [0.3, 0.4) is 0 Å². The average molecular weight is 503 g/mol. The van der Waals surface area contributed by atoms with Crippen LogP contribution in [-0.4, -0.2) is 58.6 Å². The van der Waals surface area contributed by atoms with Crippen LogP contribution in [-0.2, 0) is 4.74 Å². The van der Waals surface area contributed by atoms with Gasteiger partial charge in [-0.15, -0.1) is 0 Å². The largest absolute Gasteiger partial charge is 0.497 e. The number of fused-ring (bicyclic) bond motifs is 1. The Hall–Kier alpha value is -4.01. The van der Waals surface area contributed by atoms with Gasteiger partial charge in [0.25, 0.3) is 0 Å². The van der Waals surface area contributed by atoms with Crippen molar-refractivity contribution in [2.75, 3.05) is 59.0 Å². The second-order valence-electron chi connectivity index (χ2n) is 8.68. The van der Waals surface area contributed by atoms with Crippen LogP contribution in [0.15, 0.2) is 75.9 Å². The molecule has 4 aromatic rings. The molecule has 0 amide bonds. The van der Waals surface area contributed by atoms with E-state index in [1.807, 2.05) is 60.7 Å². The van der Waals surface area contributed by atoms with Gasteiger partial charge >= 0.3 is 5.63 Å². The van der Waals surface area contributed by atoms with Gasteiger partial charge in [0.1, 0.15) is 29.4 Å². The van der Waals surface area contributed by atoms with Crippen molar-refractivity contribution in [2.45, 2.75) is 0 Å². The summed E-state index contributed by atoms with van der Waals surface area (Å²) in [5.74, 6) is 2.10. The van der Waals surface area contributed by atoms with Crippen LogP contribution in [0.1, 0.15) is 0 Å². The summed E-state index contributed by atoms with van der Waals surface area (Å²) >= 11 is 0. The van der Waals surface area contributed by atoms with Crippen molar-refractivity contribution < 1.29 is 23.4 Å². The van der Waals surface area contributed by atoms with E-state index in [1.165, 1.54) is 0 Å². The van der Waals surface area contributed by atoms with Gasteiger partial charge in [0.2, 0.25) is 0 Å². The summed E-state index contributed by atoms with van der Waals surface area (Å²) in [5.41, 5.74) is 2.62. The predicted octanol–water partition coefficient (Wildman–Crippen LogP) is 4.93. The van der Waals surface area contributed by atoms with Crippen LogP contribution in [0, 0.1) is 0 Å². The Kier molecular flexibility index (Phi) is 7.58. The maximum absolute atomic E-state index is 13.2. The van der Waals surface area contributed by atoms with Gasteiger partial charge in [-0.1, -0.05) is 12.1 Å². The number of ether oxygens (including phenoxy) is 4. The molecule has 0 unspecified atom stereocenters. The van der Waals surface area contributed by atoms with Gasteiger partial charge in [-0.05, 0) is 54.1 Å². The fourth-order valence-electron chi connectivity index (χ4n) is 4.35. The zero-order valence-electron chi connectivity index (χ0n) is 21.0. The minimum Gasteiger partial charge on any atom is -0.497 e. The lowest BCUT2D eigenvalue weighted by Crippen LogP contribution is -2.38. The van der Waals surface area contributed by atoms with Gasteiger partial charge in [-0.3, -0.25) is 4.90 Å². The van der Waals surface area contributed by atoms with E-state index in [0.717, 1.165) is 55.2 Å². The van der Waals surface area contributed by atoms with E-state index in [1.54, 1.807) is 20.3 Å². The molecule has 1 fully saturated rings. The normalized spacial score (nSPS) is 13.9. The molecule has 0 radical (unpaired) electrons. The van der Waals surface area contributed by atoms with E-state index in [9.17, 15) is 4.79 Å². The molecule has 0 bridgehead atoms. The highest BCUT2D eigenvalue weighted by Crippen LogP contribution is 2.36. The molecule has 8 nitrogen and oxygen atoms in total. The van der Waals surface area contributed by atoms with Gasteiger partial charge in [0.05, 0.1) is 38.7 Å². The lowest BCUT2D eigenvalue weighted by molar-refractivity contribution is 0.0322. The molecule has 3 aromatic carbocycles. The number of benzene rings is 3. The minimum absolute atomic E-state index is 0.436. The first-order valence-corrected chi connectivity index (χ1v) is 12.2. The van der Waals surface area contributed by atoms with E-state index in [4.69, 9.17) is 23.4 Å². The van der Waals surface area contributed by atoms with E-state index in [-0.39, 0.29) is 0 Å². The highest BCUT2D eigenvalue weighted by Gasteiger charge is 2.18. The van der Waals surface area contributed by atoms with Crippen molar-refractivity contribution in [1.29, 1.82) is 0 Å². The van der Waals surface area contributed by atoms with Crippen molar-refractivity contribution in [3.8, 4) is 28.4 Å². The van der Waals surface area contributed by atoms with Crippen LogP contribution in [0.5, 0.6) is 17.2 Å². The summed E-state index contributed by atoms with van der Waals surface area (Å²) in [4.78, 5) is 15.5. The summed E-state index contributed by atoms with van der Waals surface area (Å²) in [5, 5.41) is 4.21. The Morgan fingerprint density at radius 3 is 2.24 bits per heavy atom. The molecule has 2 heterocycles. The third kappa shape index (κ3) is 5.71. The second kappa shape index (κ2) is 11.4. The number of nitrogens with zero attached hydrogens (tertiary/aromatic N) is 1. The Morgan fingerprint density at radius 2 is 1.54 bits per heavy atom. The molecule has 0 aliphatic carbocycles. The Balaban J connectivity index is 1.42. The van der Waals surface area contributed by atoms with Crippen LogP contribution >= 0.6 is 0 Å². The number of nitrogens with one attached hydrogen (secondary N) is 1. The number of morpholine rings is 1. The van der Waals surface area contributed by atoms with E-state index in [0.29, 0.717) is 34.9 Å². The monoisotopic (exact) mass is 502 g/mol. The third-order valence-corrected chi connectivity index (χ3v) is 6.40. The van der Waals surface area contributed by atoms with Crippen molar-refractivity contribution in [2.24, 2.45) is 0 Å². The molecular weight excluding hydrogens is 472 g/mol. The summed E-state index contributed by atoms with van der Waals surface area (Å²) in [6, 6.07) is 20.5. The zero-order chi connectivity index (χ0) is 25.6. The van der Waals surface area contributed by atoms with Crippen molar-refractivity contribution in [3.05, 3.63) is 77.2 Å². The van der Waals surface area contributed by atoms with Gasteiger partial charge in [0, 0.05) is 36.8 Å². The molecule has 1 aliphatic rings. The molecule has 0 spiro atoms. The van der Waals surface area contributed by atoms with Gasteiger partial charge in [-0.2, -0.15) is 0 Å². The second-order valence-corrected chi connectivity index (χ2v) is 8.68. The summed E-state index contributed by atoms with van der Waals surface area (Å²) in [6.07, 6.45) is 0. The summed E-state index contributed by atoms with van der Waals surface area (Å²) in [6.45, 7) is 4.90. The fourth-order valence-corrected chi connectivity index (χ4v) is 4.35. The maximum Gasteiger partial charge on any atom is 0.346 e. The highest BCUT2D eigenvalue weighted by atomic mass is 16.5. The quantitative estimate of drug-likeness (QED) is 0.323. The molecule has 0 saturated carbocycles. The number of hydrogen-bond acceptors (Lipinski definition) is 8.